The largest absolute Gasteiger partial charge is 0.444 e. The molecule has 1 aliphatic heterocycles. The first-order valence-electron chi connectivity index (χ1n) is 7.33. The van der Waals surface area contributed by atoms with Gasteiger partial charge in [0.2, 0.25) is 0 Å². The average molecular weight is 289 g/mol. The van der Waals surface area contributed by atoms with Crippen molar-refractivity contribution in [2.45, 2.75) is 51.7 Å². The molecule has 2 rings (SSSR count). The van der Waals surface area contributed by atoms with E-state index < -0.39 is 17.7 Å². The van der Waals surface area contributed by atoms with Gasteiger partial charge in [-0.25, -0.2) is 4.79 Å². The SMILES string of the molecule is Cc1ccc([C@@H]2CCN(C(=O)OC(C)(C)C)[C@H]2C=O)cc1. The minimum Gasteiger partial charge on any atom is -0.444 e. The summed E-state index contributed by atoms with van der Waals surface area (Å²) in [4.78, 5) is 25.2. The van der Waals surface area contributed by atoms with E-state index in [1.54, 1.807) is 4.90 Å². The molecule has 0 unspecified atom stereocenters. The Bertz CT molecular complexity index is 516. The van der Waals surface area contributed by atoms with Crippen LogP contribution in [0.4, 0.5) is 4.79 Å². The second-order valence-electron chi connectivity index (χ2n) is 6.61. The van der Waals surface area contributed by atoms with Crippen LogP contribution >= 0.6 is 0 Å². The summed E-state index contributed by atoms with van der Waals surface area (Å²) in [6, 6.07) is 7.70. The third-order valence-electron chi connectivity index (χ3n) is 3.73. The van der Waals surface area contributed by atoms with Gasteiger partial charge in [0.15, 0.2) is 0 Å². The molecule has 0 N–H and O–H groups in total. The van der Waals surface area contributed by atoms with Gasteiger partial charge in [-0.15, -0.1) is 0 Å². The molecule has 0 radical (unpaired) electrons. The van der Waals surface area contributed by atoms with Gasteiger partial charge in [0.1, 0.15) is 11.9 Å². The smallest absolute Gasteiger partial charge is 0.410 e. The monoisotopic (exact) mass is 289 g/mol. The van der Waals surface area contributed by atoms with Crippen LogP contribution < -0.4 is 0 Å². The van der Waals surface area contributed by atoms with Gasteiger partial charge in [-0.05, 0) is 39.7 Å². The number of hydrogen-bond acceptors (Lipinski definition) is 3. The van der Waals surface area contributed by atoms with Crippen LogP contribution in [0.15, 0.2) is 24.3 Å². The molecule has 0 aromatic heterocycles. The Labute approximate surface area is 126 Å². The van der Waals surface area contributed by atoms with Crippen molar-refractivity contribution in [1.82, 2.24) is 4.90 Å². The van der Waals surface area contributed by atoms with Gasteiger partial charge in [0.05, 0.1) is 6.04 Å². The van der Waals surface area contributed by atoms with Gasteiger partial charge in [0, 0.05) is 12.5 Å². The fourth-order valence-corrected chi connectivity index (χ4v) is 2.69. The first kappa shape index (κ1) is 15.5. The molecule has 0 aliphatic carbocycles. The third-order valence-corrected chi connectivity index (χ3v) is 3.73. The highest BCUT2D eigenvalue weighted by Gasteiger charge is 2.39. The van der Waals surface area contributed by atoms with Crippen molar-refractivity contribution in [1.29, 1.82) is 0 Å². The van der Waals surface area contributed by atoms with Gasteiger partial charge in [0.25, 0.3) is 0 Å². The zero-order valence-electron chi connectivity index (χ0n) is 13.1. The van der Waals surface area contributed by atoms with Crippen LogP contribution in [-0.2, 0) is 9.53 Å². The number of carbonyl (C=O) groups excluding carboxylic acids is 2. The van der Waals surface area contributed by atoms with E-state index >= 15 is 0 Å². The molecule has 0 bridgehead atoms. The summed E-state index contributed by atoms with van der Waals surface area (Å²) in [5.41, 5.74) is 1.74. The fourth-order valence-electron chi connectivity index (χ4n) is 2.69. The second kappa shape index (κ2) is 5.88. The molecule has 1 aromatic carbocycles. The maximum Gasteiger partial charge on any atom is 0.410 e. The lowest BCUT2D eigenvalue weighted by molar-refractivity contribution is -0.112. The first-order chi connectivity index (χ1) is 9.81. The molecule has 4 heteroatoms. The molecular formula is C17H23NO3. The van der Waals surface area contributed by atoms with Crippen LogP contribution in [0.25, 0.3) is 0 Å². The van der Waals surface area contributed by atoms with Crippen LogP contribution in [0.5, 0.6) is 0 Å². The number of carbonyl (C=O) groups is 2. The Kier molecular flexibility index (Phi) is 4.35. The summed E-state index contributed by atoms with van der Waals surface area (Å²) in [5, 5.41) is 0. The molecule has 1 aromatic rings. The summed E-state index contributed by atoms with van der Waals surface area (Å²) >= 11 is 0. The summed E-state index contributed by atoms with van der Waals surface area (Å²) in [5.74, 6) is 0.0515. The van der Waals surface area contributed by atoms with E-state index in [4.69, 9.17) is 4.74 Å². The molecule has 1 amide bonds. The number of aldehydes is 1. The Morgan fingerprint density at radius 1 is 1.29 bits per heavy atom. The molecular weight excluding hydrogens is 266 g/mol. The van der Waals surface area contributed by atoms with Crippen molar-refractivity contribution < 1.29 is 14.3 Å². The normalized spacial score (nSPS) is 22.2. The van der Waals surface area contributed by atoms with Gasteiger partial charge in [-0.3, -0.25) is 4.90 Å². The Morgan fingerprint density at radius 2 is 1.90 bits per heavy atom. The van der Waals surface area contributed by atoms with Gasteiger partial charge in [-0.2, -0.15) is 0 Å². The Hall–Kier alpha value is -1.84. The maximum absolute atomic E-state index is 12.2. The van der Waals surface area contributed by atoms with Crippen LogP contribution in [0.1, 0.15) is 44.2 Å². The van der Waals surface area contributed by atoms with Crippen molar-refractivity contribution in [3.8, 4) is 0 Å². The van der Waals surface area contributed by atoms with Crippen molar-refractivity contribution in [3.05, 3.63) is 35.4 Å². The molecule has 114 valence electrons. The quantitative estimate of drug-likeness (QED) is 0.785. The highest BCUT2D eigenvalue weighted by atomic mass is 16.6. The van der Waals surface area contributed by atoms with Crippen molar-refractivity contribution in [2.75, 3.05) is 6.54 Å². The Morgan fingerprint density at radius 3 is 2.43 bits per heavy atom. The highest BCUT2D eigenvalue weighted by Crippen LogP contribution is 2.33. The van der Waals surface area contributed by atoms with E-state index in [2.05, 4.69) is 0 Å². The van der Waals surface area contributed by atoms with Crippen molar-refractivity contribution >= 4 is 12.4 Å². The molecule has 0 spiro atoms. The molecule has 1 heterocycles. The minimum absolute atomic E-state index is 0.0515. The first-order valence-corrected chi connectivity index (χ1v) is 7.33. The lowest BCUT2D eigenvalue weighted by Gasteiger charge is -2.27. The van der Waals surface area contributed by atoms with E-state index in [0.29, 0.717) is 6.54 Å². The van der Waals surface area contributed by atoms with Gasteiger partial charge in [-0.1, -0.05) is 29.8 Å². The summed E-state index contributed by atoms with van der Waals surface area (Å²) in [6.07, 6.45) is 1.24. The fraction of sp³-hybridized carbons (Fsp3) is 0.529. The number of benzene rings is 1. The van der Waals surface area contributed by atoms with Gasteiger partial charge >= 0.3 is 6.09 Å². The molecule has 21 heavy (non-hydrogen) atoms. The van der Waals surface area contributed by atoms with Crippen LogP contribution in [0.3, 0.4) is 0 Å². The van der Waals surface area contributed by atoms with E-state index in [1.165, 1.54) is 5.56 Å². The standard InChI is InChI=1S/C17H23NO3/c1-12-5-7-13(8-6-12)14-9-10-18(15(14)11-19)16(20)21-17(2,3)4/h5-8,11,14-15H,9-10H2,1-4H3/t14-,15-/m0/s1. The van der Waals surface area contributed by atoms with Crippen molar-refractivity contribution in [2.24, 2.45) is 0 Å². The number of rotatable bonds is 2. The lowest BCUT2D eigenvalue weighted by atomic mass is 9.92. The van der Waals surface area contributed by atoms with Crippen LogP contribution in [0.2, 0.25) is 0 Å². The maximum atomic E-state index is 12.2. The zero-order chi connectivity index (χ0) is 15.6. The lowest BCUT2D eigenvalue weighted by Crippen LogP contribution is -2.41. The minimum atomic E-state index is -0.549. The summed E-state index contributed by atoms with van der Waals surface area (Å²) in [7, 11) is 0. The summed E-state index contributed by atoms with van der Waals surface area (Å²) in [6.45, 7) is 8.07. The second-order valence-corrected chi connectivity index (χ2v) is 6.61. The molecule has 1 saturated heterocycles. The number of amides is 1. The third kappa shape index (κ3) is 3.63. The zero-order valence-corrected chi connectivity index (χ0v) is 13.1. The van der Waals surface area contributed by atoms with E-state index in [1.807, 2.05) is 52.0 Å². The van der Waals surface area contributed by atoms with E-state index in [-0.39, 0.29) is 5.92 Å². The Balaban J connectivity index is 2.16. The molecule has 1 aliphatic rings. The van der Waals surface area contributed by atoms with E-state index in [0.717, 1.165) is 18.3 Å². The average Bonchev–Trinajstić information content (AvgIpc) is 2.81. The number of nitrogens with zero attached hydrogens (tertiary/aromatic N) is 1. The van der Waals surface area contributed by atoms with Gasteiger partial charge < -0.3 is 9.53 Å². The van der Waals surface area contributed by atoms with Crippen LogP contribution in [0, 0.1) is 6.92 Å². The molecule has 2 atom stereocenters. The van der Waals surface area contributed by atoms with Crippen molar-refractivity contribution in [3.63, 3.8) is 0 Å². The predicted molar refractivity (Wildman–Crippen MR) is 81.3 cm³/mol. The number of hydrogen-bond donors (Lipinski definition) is 0. The molecule has 1 fully saturated rings. The summed E-state index contributed by atoms with van der Waals surface area (Å²) < 4.78 is 5.39. The van der Waals surface area contributed by atoms with Crippen LogP contribution in [-0.4, -0.2) is 35.5 Å². The predicted octanol–water partition coefficient (Wildman–Crippen LogP) is 3.29. The molecule has 4 nitrogen and oxygen atoms in total. The number of aryl methyl sites for hydroxylation is 1. The highest BCUT2D eigenvalue weighted by molar-refractivity contribution is 5.75. The number of ether oxygens (including phenoxy) is 1. The molecule has 0 saturated carbocycles. The van der Waals surface area contributed by atoms with E-state index in [9.17, 15) is 9.59 Å². The number of likely N-dealkylation sites (tertiary alicyclic amines) is 1. The topological polar surface area (TPSA) is 46.6 Å².